The number of amides is 1. The Morgan fingerprint density at radius 1 is 1.25 bits per heavy atom. The Hall–Kier alpha value is -1.06. The van der Waals surface area contributed by atoms with E-state index in [0.29, 0.717) is 12.5 Å². The Balaban J connectivity index is 2.21. The normalized spacial score (nSPS) is 19.1. The van der Waals surface area contributed by atoms with E-state index in [9.17, 15) is 9.59 Å². The molecule has 1 saturated carbocycles. The maximum absolute atomic E-state index is 11.6. The van der Waals surface area contributed by atoms with Crippen LogP contribution in [0, 0.1) is 5.92 Å². The molecule has 0 aromatic heterocycles. The molecule has 0 aliphatic heterocycles. The highest BCUT2D eigenvalue weighted by Gasteiger charge is 2.18. The van der Waals surface area contributed by atoms with Gasteiger partial charge in [-0.15, -0.1) is 0 Å². The van der Waals surface area contributed by atoms with Gasteiger partial charge >= 0.3 is 5.97 Å². The van der Waals surface area contributed by atoms with Gasteiger partial charge in [-0.05, 0) is 18.8 Å². The number of carboxylic acids is 1. The summed E-state index contributed by atoms with van der Waals surface area (Å²) in [4.78, 5) is 22.0. The molecular formula is C12H21NO3. The van der Waals surface area contributed by atoms with Gasteiger partial charge in [-0.3, -0.25) is 9.59 Å². The van der Waals surface area contributed by atoms with E-state index in [2.05, 4.69) is 5.32 Å². The SMILES string of the molecule is C[C@@H](CC(=O)O)CC(=O)NC1CCCCC1. The van der Waals surface area contributed by atoms with Crippen molar-refractivity contribution in [2.75, 3.05) is 0 Å². The molecule has 2 N–H and O–H groups in total. The average Bonchev–Trinajstić information content (AvgIpc) is 2.17. The van der Waals surface area contributed by atoms with E-state index >= 15 is 0 Å². The number of carbonyl (C=O) groups excluding carboxylic acids is 1. The lowest BCUT2D eigenvalue weighted by atomic mass is 9.95. The summed E-state index contributed by atoms with van der Waals surface area (Å²) in [7, 11) is 0. The van der Waals surface area contributed by atoms with E-state index in [1.165, 1.54) is 19.3 Å². The van der Waals surface area contributed by atoms with Crippen LogP contribution in [0.3, 0.4) is 0 Å². The van der Waals surface area contributed by atoms with Crippen molar-refractivity contribution < 1.29 is 14.7 Å². The van der Waals surface area contributed by atoms with Crippen LogP contribution in [0.4, 0.5) is 0 Å². The minimum atomic E-state index is -0.835. The third-order valence-electron chi connectivity index (χ3n) is 3.03. The molecule has 92 valence electrons. The van der Waals surface area contributed by atoms with Crippen LogP contribution in [0.5, 0.6) is 0 Å². The van der Waals surface area contributed by atoms with Crippen molar-refractivity contribution in [2.45, 2.75) is 57.9 Å². The number of nitrogens with one attached hydrogen (secondary N) is 1. The molecule has 0 saturated heterocycles. The smallest absolute Gasteiger partial charge is 0.303 e. The highest BCUT2D eigenvalue weighted by molar-refractivity contribution is 5.77. The number of aliphatic carboxylic acids is 1. The molecule has 1 rings (SSSR count). The summed E-state index contributed by atoms with van der Waals surface area (Å²) in [6.07, 6.45) is 6.17. The molecule has 0 radical (unpaired) electrons. The molecule has 1 atom stereocenters. The lowest BCUT2D eigenvalue weighted by Gasteiger charge is -2.23. The summed E-state index contributed by atoms with van der Waals surface area (Å²) in [5, 5.41) is 11.6. The second-order valence-electron chi connectivity index (χ2n) is 4.81. The second-order valence-corrected chi connectivity index (χ2v) is 4.81. The van der Waals surface area contributed by atoms with E-state index in [-0.39, 0.29) is 18.2 Å². The van der Waals surface area contributed by atoms with Gasteiger partial charge < -0.3 is 10.4 Å². The van der Waals surface area contributed by atoms with Crippen molar-refractivity contribution >= 4 is 11.9 Å². The Morgan fingerprint density at radius 2 is 1.88 bits per heavy atom. The third kappa shape index (κ3) is 5.14. The molecule has 0 spiro atoms. The van der Waals surface area contributed by atoms with Crippen LogP contribution in [-0.4, -0.2) is 23.0 Å². The quantitative estimate of drug-likeness (QED) is 0.754. The Bertz CT molecular complexity index is 247. The molecule has 0 unspecified atom stereocenters. The van der Waals surface area contributed by atoms with Crippen molar-refractivity contribution in [1.29, 1.82) is 0 Å². The first-order valence-electron chi connectivity index (χ1n) is 6.09. The number of carbonyl (C=O) groups is 2. The zero-order valence-electron chi connectivity index (χ0n) is 9.87. The summed E-state index contributed by atoms with van der Waals surface area (Å²) in [6, 6.07) is 0.318. The maximum Gasteiger partial charge on any atom is 0.303 e. The molecule has 1 aliphatic rings. The lowest BCUT2D eigenvalue weighted by Crippen LogP contribution is -2.36. The van der Waals surface area contributed by atoms with Gasteiger partial charge in [0.25, 0.3) is 0 Å². The first-order chi connectivity index (χ1) is 7.58. The summed E-state index contributed by atoms with van der Waals surface area (Å²) in [5.41, 5.74) is 0. The minimum Gasteiger partial charge on any atom is -0.481 e. The molecule has 0 aromatic carbocycles. The van der Waals surface area contributed by atoms with Crippen LogP contribution in [0.15, 0.2) is 0 Å². The molecule has 0 bridgehead atoms. The van der Waals surface area contributed by atoms with E-state index < -0.39 is 5.97 Å². The second kappa shape index (κ2) is 6.51. The van der Waals surface area contributed by atoms with Gasteiger partial charge in [0.05, 0.1) is 0 Å². The molecule has 4 nitrogen and oxygen atoms in total. The first kappa shape index (κ1) is 13.0. The number of hydrogen-bond donors (Lipinski definition) is 2. The first-order valence-corrected chi connectivity index (χ1v) is 6.09. The monoisotopic (exact) mass is 227 g/mol. The standard InChI is InChI=1S/C12H21NO3/c1-9(8-12(15)16)7-11(14)13-10-5-3-2-4-6-10/h9-10H,2-8H2,1H3,(H,13,14)(H,15,16)/t9-/m1/s1. The zero-order valence-corrected chi connectivity index (χ0v) is 9.87. The molecule has 1 amide bonds. The van der Waals surface area contributed by atoms with Gasteiger partial charge in [-0.2, -0.15) is 0 Å². The van der Waals surface area contributed by atoms with Gasteiger partial charge in [-0.1, -0.05) is 26.2 Å². The number of carboxylic acid groups (broad SMARTS) is 1. The lowest BCUT2D eigenvalue weighted by molar-refractivity contribution is -0.138. The summed E-state index contributed by atoms with van der Waals surface area (Å²) in [5.74, 6) is -0.917. The maximum atomic E-state index is 11.6. The fourth-order valence-corrected chi connectivity index (χ4v) is 2.22. The van der Waals surface area contributed by atoms with Gasteiger partial charge in [0.1, 0.15) is 0 Å². The van der Waals surface area contributed by atoms with Gasteiger partial charge in [-0.25, -0.2) is 0 Å². The molecular weight excluding hydrogens is 206 g/mol. The highest BCUT2D eigenvalue weighted by atomic mass is 16.4. The van der Waals surface area contributed by atoms with E-state index in [1.807, 2.05) is 0 Å². The topological polar surface area (TPSA) is 66.4 Å². The molecule has 4 heteroatoms. The van der Waals surface area contributed by atoms with E-state index in [4.69, 9.17) is 5.11 Å². The minimum absolute atomic E-state index is 0.000602. The predicted octanol–water partition coefficient (Wildman–Crippen LogP) is 1.94. The molecule has 0 heterocycles. The summed E-state index contributed by atoms with van der Waals surface area (Å²) >= 11 is 0. The fourth-order valence-electron chi connectivity index (χ4n) is 2.22. The Morgan fingerprint density at radius 3 is 2.44 bits per heavy atom. The van der Waals surface area contributed by atoms with Crippen molar-refractivity contribution in [3.63, 3.8) is 0 Å². The predicted molar refractivity (Wildman–Crippen MR) is 61.0 cm³/mol. The van der Waals surface area contributed by atoms with Gasteiger partial charge in [0.2, 0.25) is 5.91 Å². The van der Waals surface area contributed by atoms with E-state index in [0.717, 1.165) is 12.8 Å². The van der Waals surface area contributed by atoms with Crippen LogP contribution < -0.4 is 5.32 Å². The summed E-state index contributed by atoms with van der Waals surface area (Å²) < 4.78 is 0. The molecule has 16 heavy (non-hydrogen) atoms. The third-order valence-corrected chi connectivity index (χ3v) is 3.03. The Labute approximate surface area is 96.4 Å². The fraction of sp³-hybridized carbons (Fsp3) is 0.833. The van der Waals surface area contributed by atoms with Crippen LogP contribution in [0.25, 0.3) is 0 Å². The highest BCUT2D eigenvalue weighted by Crippen LogP contribution is 2.18. The van der Waals surface area contributed by atoms with Gasteiger partial charge in [0, 0.05) is 18.9 Å². The molecule has 1 aliphatic carbocycles. The van der Waals surface area contributed by atoms with Crippen molar-refractivity contribution in [3.05, 3.63) is 0 Å². The molecule has 1 fully saturated rings. The van der Waals surface area contributed by atoms with Crippen LogP contribution in [0.2, 0.25) is 0 Å². The van der Waals surface area contributed by atoms with Crippen molar-refractivity contribution in [3.8, 4) is 0 Å². The zero-order chi connectivity index (χ0) is 12.0. The average molecular weight is 227 g/mol. The van der Waals surface area contributed by atoms with Crippen LogP contribution in [-0.2, 0) is 9.59 Å². The van der Waals surface area contributed by atoms with E-state index in [1.54, 1.807) is 6.92 Å². The largest absolute Gasteiger partial charge is 0.481 e. The molecule has 0 aromatic rings. The number of hydrogen-bond acceptors (Lipinski definition) is 2. The van der Waals surface area contributed by atoms with Crippen molar-refractivity contribution in [1.82, 2.24) is 5.32 Å². The van der Waals surface area contributed by atoms with Crippen LogP contribution in [0.1, 0.15) is 51.9 Å². The Kier molecular flexibility index (Phi) is 5.29. The van der Waals surface area contributed by atoms with Gasteiger partial charge in [0.15, 0.2) is 0 Å². The van der Waals surface area contributed by atoms with Crippen molar-refractivity contribution in [2.24, 2.45) is 5.92 Å². The number of rotatable bonds is 5. The van der Waals surface area contributed by atoms with Crippen LogP contribution >= 0.6 is 0 Å². The summed E-state index contributed by atoms with van der Waals surface area (Å²) in [6.45, 7) is 1.80.